The average Bonchev–Trinajstić information content (AvgIpc) is 3.34. The van der Waals surface area contributed by atoms with Crippen LogP contribution in [0.2, 0.25) is 0 Å². The fourth-order valence-corrected chi connectivity index (χ4v) is 3.17. The molecule has 2 heterocycles. The molecule has 0 fully saturated rings. The lowest BCUT2D eigenvalue weighted by molar-refractivity contribution is -0.142. The van der Waals surface area contributed by atoms with Crippen molar-refractivity contribution >= 4 is 17.5 Å². The van der Waals surface area contributed by atoms with E-state index in [1.807, 2.05) is 36.6 Å². The zero-order valence-corrected chi connectivity index (χ0v) is 16.5. The van der Waals surface area contributed by atoms with Gasteiger partial charge >= 0.3 is 5.97 Å². The molecule has 2 aromatic heterocycles. The molecular formula is C23H23NO5. The van der Waals surface area contributed by atoms with E-state index in [2.05, 4.69) is 0 Å². The van der Waals surface area contributed by atoms with E-state index in [0.717, 1.165) is 17.1 Å². The van der Waals surface area contributed by atoms with Gasteiger partial charge in [-0.05, 0) is 32.0 Å². The quantitative estimate of drug-likeness (QED) is 0.403. The summed E-state index contributed by atoms with van der Waals surface area (Å²) < 4.78 is 12.4. The molecule has 6 heteroatoms. The highest BCUT2D eigenvalue weighted by Gasteiger charge is 2.18. The second-order valence-corrected chi connectivity index (χ2v) is 6.82. The Labute approximate surface area is 169 Å². The van der Waals surface area contributed by atoms with E-state index in [-0.39, 0.29) is 31.0 Å². The van der Waals surface area contributed by atoms with Gasteiger partial charge < -0.3 is 13.7 Å². The van der Waals surface area contributed by atoms with Crippen molar-refractivity contribution in [2.45, 2.75) is 33.2 Å². The summed E-state index contributed by atoms with van der Waals surface area (Å²) in [5.41, 5.74) is 2.78. The van der Waals surface area contributed by atoms with E-state index in [1.54, 1.807) is 36.6 Å². The average molecular weight is 393 g/mol. The zero-order valence-electron chi connectivity index (χ0n) is 16.5. The molecule has 0 bridgehead atoms. The van der Waals surface area contributed by atoms with Crippen molar-refractivity contribution in [3.8, 4) is 0 Å². The van der Waals surface area contributed by atoms with Crippen molar-refractivity contribution in [3.05, 3.63) is 83.1 Å². The summed E-state index contributed by atoms with van der Waals surface area (Å²) in [5, 5.41) is 0. The van der Waals surface area contributed by atoms with Gasteiger partial charge in [0.05, 0.1) is 19.2 Å². The van der Waals surface area contributed by atoms with Gasteiger partial charge in [-0.3, -0.25) is 14.4 Å². The molecule has 29 heavy (non-hydrogen) atoms. The summed E-state index contributed by atoms with van der Waals surface area (Å²) >= 11 is 0. The number of rotatable bonds is 9. The number of carbonyl (C=O) groups excluding carboxylic acids is 3. The van der Waals surface area contributed by atoms with Crippen LogP contribution in [0.4, 0.5) is 0 Å². The topological polar surface area (TPSA) is 78.5 Å². The number of benzene rings is 1. The minimum Gasteiger partial charge on any atom is -0.467 e. The number of aryl methyl sites for hydroxylation is 1. The first-order valence-corrected chi connectivity index (χ1v) is 9.42. The number of esters is 1. The Morgan fingerprint density at radius 2 is 1.72 bits per heavy atom. The van der Waals surface area contributed by atoms with Crippen molar-refractivity contribution in [2.75, 3.05) is 6.61 Å². The van der Waals surface area contributed by atoms with E-state index in [0.29, 0.717) is 17.7 Å². The van der Waals surface area contributed by atoms with Gasteiger partial charge in [-0.25, -0.2) is 0 Å². The van der Waals surface area contributed by atoms with Crippen LogP contribution in [0, 0.1) is 13.8 Å². The fourth-order valence-electron chi connectivity index (χ4n) is 3.17. The predicted molar refractivity (Wildman–Crippen MR) is 107 cm³/mol. The third-order valence-corrected chi connectivity index (χ3v) is 4.78. The molecule has 3 rings (SSSR count). The molecule has 0 amide bonds. The van der Waals surface area contributed by atoms with E-state index < -0.39 is 5.97 Å². The molecule has 0 radical (unpaired) electrons. The summed E-state index contributed by atoms with van der Waals surface area (Å²) in [5.74, 6) is -0.172. The van der Waals surface area contributed by atoms with Gasteiger partial charge in [-0.1, -0.05) is 30.3 Å². The molecule has 0 spiro atoms. The van der Waals surface area contributed by atoms with Gasteiger partial charge in [0.15, 0.2) is 12.4 Å². The molecule has 150 valence electrons. The summed E-state index contributed by atoms with van der Waals surface area (Å²) in [6, 6.07) is 14.2. The van der Waals surface area contributed by atoms with E-state index in [9.17, 15) is 14.4 Å². The van der Waals surface area contributed by atoms with Crippen LogP contribution < -0.4 is 0 Å². The van der Waals surface area contributed by atoms with Gasteiger partial charge in [-0.15, -0.1) is 0 Å². The maximum Gasteiger partial charge on any atom is 0.306 e. The molecule has 0 aliphatic rings. The summed E-state index contributed by atoms with van der Waals surface area (Å²) in [6.07, 6.45) is 1.60. The molecular weight excluding hydrogens is 370 g/mol. The second-order valence-electron chi connectivity index (χ2n) is 6.82. The summed E-state index contributed by atoms with van der Waals surface area (Å²) in [6.45, 7) is 3.94. The van der Waals surface area contributed by atoms with Crippen LogP contribution in [-0.2, 0) is 16.1 Å². The monoisotopic (exact) mass is 393 g/mol. The largest absolute Gasteiger partial charge is 0.467 e. The van der Waals surface area contributed by atoms with Crippen LogP contribution in [0.1, 0.15) is 50.7 Å². The molecule has 0 atom stereocenters. The number of furan rings is 1. The van der Waals surface area contributed by atoms with Crippen LogP contribution in [0.15, 0.2) is 59.2 Å². The molecule has 1 aromatic carbocycles. The number of hydrogen-bond acceptors (Lipinski definition) is 5. The van der Waals surface area contributed by atoms with Crippen molar-refractivity contribution in [1.29, 1.82) is 0 Å². The van der Waals surface area contributed by atoms with Gasteiger partial charge in [-0.2, -0.15) is 0 Å². The molecule has 0 saturated heterocycles. The Balaban J connectivity index is 1.52. The highest BCUT2D eigenvalue weighted by molar-refractivity contribution is 6.00. The summed E-state index contributed by atoms with van der Waals surface area (Å²) in [4.78, 5) is 36.5. The van der Waals surface area contributed by atoms with Crippen molar-refractivity contribution in [3.63, 3.8) is 0 Å². The number of ketones is 2. The first-order valence-electron chi connectivity index (χ1n) is 9.42. The Kier molecular flexibility index (Phi) is 6.44. The van der Waals surface area contributed by atoms with Gasteiger partial charge in [0.2, 0.25) is 5.78 Å². The first kappa shape index (κ1) is 20.3. The minimum absolute atomic E-state index is 0.0503. The van der Waals surface area contributed by atoms with Crippen LogP contribution in [-0.4, -0.2) is 28.7 Å². The van der Waals surface area contributed by atoms with Crippen LogP contribution in [0.5, 0.6) is 0 Å². The molecule has 6 nitrogen and oxygen atoms in total. The number of hydrogen-bond donors (Lipinski definition) is 0. The van der Waals surface area contributed by atoms with Gasteiger partial charge in [0, 0.05) is 28.9 Å². The Hall–Kier alpha value is -3.41. The standard InChI is InChI=1S/C23H23NO5/c1-16-13-20(17(2)24(16)14-19-9-6-12-28-19)22(26)15-29-23(27)11-10-21(25)18-7-4-3-5-8-18/h3-9,12-13H,10-11,14-15H2,1-2H3. The molecule has 0 aliphatic carbocycles. The Morgan fingerprint density at radius 1 is 0.966 bits per heavy atom. The Bertz CT molecular complexity index is 1000. The van der Waals surface area contributed by atoms with E-state index in [1.165, 1.54) is 0 Å². The lowest BCUT2D eigenvalue weighted by atomic mass is 10.1. The SMILES string of the molecule is Cc1cc(C(=O)COC(=O)CCC(=O)c2ccccc2)c(C)n1Cc1ccco1. The lowest BCUT2D eigenvalue weighted by Crippen LogP contribution is -2.16. The van der Waals surface area contributed by atoms with E-state index in [4.69, 9.17) is 9.15 Å². The highest BCUT2D eigenvalue weighted by Crippen LogP contribution is 2.18. The van der Waals surface area contributed by atoms with E-state index >= 15 is 0 Å². The molecule has 0 saturated carbocycles. The third-order valence-electron chi connectivity index (χ3n) is 4.78. The first-order chi connectivity index (χ1) is 14.0. The molecule has 3 aromatic rings. The van der Waals surface area contributed by atoms with Crippen molar-refractivity contribution in [2.24, 2.45) is 0 Å². The smallest absolute Gasteiger partial charge is 0.306 e. The second kappa shape index (κ2) is 9.19. The maximum absolute atomic E-state index is 12.5. The Morgan fingerprint density at radius 3 is 2.41 bits per heavy atom. The maximum atomic E-state index is 12.5. The zero-order chi connectivity index (χ0) is 20.8. The number of aromatic nitrogens is 1. The number of carbonyl (C=O) groups is 3. The molecule has 0 unspecified atom stereocenters. The molecule has 0 aliphatic heterocycles. The van der Waals surface area contributed by atoms with Gasteiger partial charge in [0.25, 0.3) is 0 Å². The minimum atomic E-state index is -0.563. The van der Waals surface area contributed by atoms with Crippen LogP contribution in [0.3, 0.4) is 0 Å². The molecule has 0 N–H and O–H groups in total. The number of ether oxygens (including phenoxy) is 1. The van der Waals surface area contributed by atoms with Crippen molar-refractivity contribution < 1.29 is 23.5 Å². The van der Waals surface area contributed by atoms with Crippen LogP contribution in [0.25, 0.3) is 0 Å². The fraction of sp³-hybridized carbons (Fsp3) is 0.261. The number of nitrogens with zero attached hydrogens (tertiary/aromatic N) is 1. The summed E-state index contributed by atoms with van der Waals surface area (Å²) in [7, 11) is 0. The highest BCUT2D eigenvalue weighted by atomic mass is 16.5. The lowest BCUT2D eigenvalue weighted by Gasteiger charge is -2.08. The van der Waals surface area contributed by atoms with Gasteiger partial charge in [0.1, 0.15) is 5.76 Å². The third kappa shape index (κ3) is 5.10. The van der Waals surface area contributed by atoms with Crippen LogP contribution >= 0.6 is 0 Å². The normalized spacial score (nSPS) is 10.7. The van der Waals surface area contributed by atoms with Crippen molar-refractivity contribution in [1.82, 2.24) is 4.57 Å². The predicted octanol–water partition coefficient (Wildman–Crippen LogP) is 4.14. The number of Topliss-reactive ketones (excluding diaryl/α,β-unsaturated/α-hetero) is 2.